The Morgan fingerprint density at radius 1 is 0.960 bits per heavy atom. The molecule has 4 heteroatoms. The van der Waals surface area contributed by atoms with Crippen LogP contribution in [0.4, 0.5) is 0 Å². The Balaban J connectivity index is 2.05. The van der Waals surface area contributed by atoms with E-state index in [4.69, 9.17) is 4.98 Å². The lowest BCUT2D eigenvalue weighted by atomic mass is 10.0. The predicted molar refractivity (Wildman–Crippen MR) is 99.0 cm³/mol. The van der Waals surface area contributed by atoms with Crippen LogP contribution in [0.5, 0.6) is 0 Å². The maximum atomic E-state index is 12.2. The molecular formula is C21H17N3O. The second-order valence-electron chi connectivity index (χ2n) is 6.01. The number of ketones is 1. The second kappa shape index (κ2) is 5.98. The summed E-state index contributed by atoms with van der Waals surface area (Å²) < 4.78 is 1.83. The van der Waals surface area contributed by atoms with E-state index in [9.17, 15) is 4.79 Å². The number of aryl methyl sites for hydroxylation is 1. The number of para-hydroxylation sites is 1. The molecule has 4 rings (SSSR count). The van der Waals surface area contributed by atoms with E-state index in [1.54, 1.807) is 6.92 Å². The molecular weight excluding hydrogens is 310 g/mol. The van der Waals surface area contributed by atoms with E-state index in [-0.39, 0.29) is 5.78 Å². The first kappa shape index (κ1) is 15.3. The molecule has 0 fully saturated rings. The summed E-state index contributed by atoms with van der Waals surface area (Å²) in [7, 11) is 0. The van der Waals surface area contributed by atoms with Gasteiger partial charge in [-0.1, -0.05) is 48.5 Å². The standard InChI is InChI=1S/C21H17N3O/c1-14-18-13-19(15(2)25)20(16-9-5-3-6-10-16)22-21(18)24(23-14)17-11-7-4-8-12-17/h3-13H,1-2H3. The van der Waals surface area contributed by atoms with Gasteiger partial charge in [-0.2, -0.15) is 5.10 Å². The van der Waals surface area contributed by atoms with E-state index in [1.807, 2.05) is 78.3 Å². The Kier molecular flexibility index (Phi) is 3.65. The van der Waals surface area contributed by atoms with Crippen molar-refractivity contribution in [1.82, 2.24) is 14.8 Å². The molecule has 0 N–H and O–H groups in total. The minimum Gasteiger partial charge on any atom is -0.294 e. The first-order chi connectivity index (χ1) is 12.1. The van der Waals surface area contributed by atoms with Gasteiger partial charge in [0.25, 0.3) is 0 Å². The van der Waals surface area contributed by atoms with E-state index in [2.05, 4.69) is 5.10 Å². The number of aromatic nitrogens is 3. The zero-order valence-corrected chi connectivity index (χ0v) is 14.1. The molecule has 0 saturated carbocycles. The summed E-state index contributed by atoms with van der Waals surface area (Å²) in [4.78, 5) is 17.0. The summed E-state index contributed by atoms with van der Waals surface area (Å²) in [5.41, 5.74) is 4.80. The Morgan fingerprint density at radius 2 is 1.60 bits per heavy atom. The monoisotopic (exact) mass is 327 g/mol. The SMILES string of the molecule is CC(=O)c1cc2c(C)nn(-c3ccccc3)c2nc1-c1ccccc1. The van der Waals surface area contributed by atoms with Crippen molar-refractivity contribution in [3.05, 3.63) is 78.0 Å². The van der Waals surface area contributed by atoms with Crippen molar-refractivity contribution in [3.63, 3.8) is 0 Å². The quantitative estimate of drug-likeness (QED) is 0.517. The molecule has 2 aromatic heterocycles. The average Bonchev–Trinajstić information content (AvgIpc) is 2.98. The van der Waals surface area contributed by atoms with Crippen LogP contribution in [0.3, 0.4) is 0 Å². The highest BCUT2D eigenvalue weighted by molar-refractivity contribution is 6.03. The second-order valence-corrected chi connectivity index (χ2v) is 6.01. The van der Waals surface area contributed by atoms with Crippen molar-refractivity contribution in [2.75, 3.05) is 0 Å². The molecule has 2 aromatic carbocycles. The zero-order valence-electron chi connectivity index (χ0n) is 14.1. The van der Waals surface area contributed by atoms with Crippen LogP contribution in [-0.2, 0) is 0 Å². The molecule has 0 radical (unpaired) electrons. The van der Waals surface area contributed by atoms with Crippen molar-refractivity contribution in [1.29, 1.82) is 0 Å². The van der Waals surface area contributed by atoms with Crippen molar-refractivity contribution < 1.29 is 4.79 Å². The van der Waals surface area contributed by atoms with Crippen molar-refractivity contribution in [2.45, 2.75) is 13.8 Å². The van der Waals surface area contributed by atoms with Gasteiger partial charge in [-0.3, -0.25) is 4.79 Å². The topological polar surface area (TPSA) is 47.8 Å². The van der Waals surface area contributed by atoms with Gasteiger partial charge in [-0.15, -0.1) is 0 Å². The molecule has 0 atom stereocenters. The lowest BCUT2D eigenvalue weighted by Gasteiger charge is -2.09. The minimum atomic E-state index is 0.000106. The van der Waals surface area contributed by atoms with Crippen LogP contribution in [0.1, 0.15) is 23.0 Å². The smallest absolute Gasteiger partial charge is 0.163 e. The van der Waals surface area contributed by atoms with Gasteiger partial charge < -0.3 is 0 Å². The molecule has 0 unspecified atom stereocenters. The van der Waals surface area contributed by atoms with E-state index in [1.165, 1.54) is 0 Å². The van der Waals surface area contributed by atoms with Crippen LogP contribution in [0, 0.1) is 6.92 Å². The summed E-state index contributed by atoms with van der Waals surface area (Å²) in [6.07, 6.45) is 0. The fourth-order valence-corrected chi connectivity index (χ4v) is 3.02. The van der Waals surface area contributed by atoms with Gasteiger partial charge >= 0.3 is 0 Å². The molecule has 0 aliphatic carbocycles. The largest absolute Gasteiger partial charge is 0.294 e. The van der Waals surface area contributed by atoms with Crippen LogP contribution < -0.4 is 0 Å². The number of hydrogen-bond donors (Lipinski definition) is 0. The summed E-state index contributed by atoms with van der Waals surface area (Å²) in [5, 5.41) is 5.54. The highest BCUT2D eigenvalue weighted by atomic mass is 16.1. The van der Waals surface area contributed by atoms with Gasteiger partial charge in [0.05, 0.1) is 17.1 Å². The number of carbonyl (C=O) groups excluding carboxylic acids is 1. The Labute approximate surface area is 145 Å². The van der Waals surface area contributed by atoms with Crippen molar-refractivity contribution in [2.24, 2.45) is 0 Å². The molecule has 122 valence electrons. The third-order valence-corrected chi connectivity index (χ3v) is 4.27. The maximum Gasteiger partial charge on any atom is 0.163 e. The Bertz CT molecular complexity index is 1070. The fraction of sp³-hybridized carbons (Fsp3) is 0.0952. The third kappa shape index (κ3) is 2.62. The zero-order chi connectivity index (χ0) is 17.4. The molecule has 0 bridgehead atoms. The van der Waals surface area contributed by atoms with Gasteiger partial charge in [0, 0.05) is 16.5 Å². The first-order valence-electron chi connectivity index (χ1n) is 8.17. The van der Waals surface area contributed by atoms with Gasteiger partial charge in [0.1, 0.15) is 0 Å². The fourth-order valence-electron chi connectivity index (χ4n) is 3.02. The number of nitrogens with zero attached hydrogens (tertiary/aromatic N) is 3. The van der Waals surface area contributed by atoms with Crippen molar-refractivity contribution in [3.8, 4) is 16.9 Å². The van der Waals surface area contributed by atoms with Crippen LogP contribution in [0.25, 0.3) is 28.0 Å². The van der Waals surface area contributed by atoms with Crippen LogP contribution >= 0.6 is 0 Å². The Hall–Kier alpha value is -3.27. The predicted octanol–water partition coefficient (Wildman–Crippen LogP) is 4.60. The summed E-state index contributed by atoms with van der Waals surface area (Å²) in [5.74, 6) is 0.000106. The van der Waals surface area contributed by atoms with E-state index in [0.29, 0.717) is 11.3 Å². The molecule has 0 saturated heterocycles. The number of fused-ring (bicyclic) bond motifs is 1. The first-order valence-corrected chi connectivity index (χ1v) is 8.17. The molecule has 4 nitrogen and oxygen atoms in total. The van der Waals surface area contributed by atoms with E-state index >= 15 is 0 Å². The lowest BCUT2D eigenvalue weighted by Crippen LogP contribution is -2.02. The number of pyridine rings is 1. The number of Topliss-reactive ketones (excluding diaryl/α,β-unsaturated/α-hetero) is 1. The van der Waals surface area contributed by atoms with E-state index in [0.717, 1.165) is 28.0 Å². The normalized spacial score (nSPS) is 11.0. The molecule has 0 amide bonds. The number of rotatable bonds is 3. The van der Waals surface area contributed by atoms with Crippen molar-refractivity contribution >= 4 is 16.8 Å². The van der Waals surface area contributed by atoms with Crippen LogP contribution in [-0.4, -0.2) is 20.5 Å². The summed E-state index contributed by atoms with van der Waals surface area (Å²) in [6, 6.07) is 21.6. The third-order valence-electron chi connectivity index (χ3n) is 4.27. The van der Waals surface area contributed by atoms with Gasteiger partial charge in [0.2, 0.25) is 0 Å². The number of hydrogen-bond acceptors (Lipinski definition) is 3. The van der Waals surface area contributed by atoms with E-state index < -0.39 is 0 Å². The van der Waals surface area contributed by atoms with Crippen LogP contribution in [0.15, 0.2) is 66.7 Å². The van der Waals surface area contributed by atoms with Crippen LogP contribution in [0.2, 0.25) is 0 Å². The van der Waals surface area contributed by atoms with Gasteiger partial charge in [-0.05, 0) is 32.0 Å². The Morgan fingerprint density at radius 3 is 2.24 bits per heavy atom. The summed E-state index contributed by atoms with van der Waals surface area (Å²) in [6.45, 7) is 3.52. The molecule has 25 heavy (non-hydrogen) atoms. The van der Waals surface area contributed by atoms with Gasteiger partial charge in [0.15, 0.2) is 11.4 Å². The highest BCUT2D eigenvalue weighted by Gasteiger charge is 2.18. The average molecular weight is 327 g/mol. The molecule has 4 aromatic rings. The number of benzene rings is 2. The molecule has 0 aliphatic rings. The maximum absolute atomic E-state index is 12.2. The summed E-state index contributed by atoms with van der Waals surface area (Å²) >= 11 is 0. The minimum absolute atomic E-state index is 0.000106. The van der Waals surface area contributed by atoms with Gasteiger partial charge in [-0.25, -0.2) is 9.67 Å². The molecule has 0 spiro atoms. The highest BCUT2D eigenvalue weighted by Crippen LogP contribution is 2.28. The number of carbonyl (C=O) groups is 1. The molecule has 0 aliphatic heterocycles. The molecule has 2 heterocycles. The lowest BCUT2D eigenvalue weighted by molar-refractivity contribution is 0.101.